The molecule has 5 atom stereocenters. The predicted molar refractivity (Wildman–Crippen MR) is 109 cm³/mol. The molecule has 0 bridgehead atoms. The number of guanidine groups is 1. The number of aliphatic imine (C=N–C) groups is 1. The quantitative estimate of drug-likeness (QED) is 0.380. The lowest BCUT2D eigenvalue weighted by Gasteiger charge is -2.57. The fraction of sp³-hybridized carbons (Fsp3) is 0.947. The van der Waals surface area contributed by atoms with Gasteiger partial charge < -0.3 is 15.0 Å². The standard InChI is InChI=1S/C19H33N3O.HI/c1-13-10-14(2)12-22(11-13)18(20-3)21-16-15-6-9-23-17(15)19(16)7-4-5-8-19;/h13-17H,4-12H2,1-3H3,(H,20,21);1H. The van der Waals surface area contributed by atoms with Crippen molar-refractivity contribution in [3.63, 3.8) is 0 Å². The number of hydrogen-bond acceptors (Lipinski definition) is 2. The minimum absolute atomic E-state index is 0. The molecule has 1 spiro atoms. The van der Waals surface area contributed by atoms with Gasteiger partial charge in [-0.05, 0) is 37.5 Å². The first-order valence-corrected chi connectivity index (χ1v) is 9.74. The fourth-order valence-electron chi connectivity index (χ4n) is 6.18. The van der Waals surface area contributed by atoms with E-state index in [1.807, 2.05) is 7.05 Å². The number of likely N-dealkylation sites (tertiary alicyclic amines) is 1. The molecule has 5 heteroatoms. The number of halogens is 1. The number of fused-ring (bicyclic) bond motifs is 2. The number of nitrogens with zero attached hydrogens (tertiary/aromatic N) is 2. The maximum Gasteiger partial charge on any atom is 0.193 e. The molecular formula is C19H34IN3O. The van der Waals surface area contributed by atoms with E-state index in [4.69, 9.17) is 4.74 Å². The van der Waals surface area contributed by atoms with E-state index in [1.165, 1.54) is 38.5 Å². The number of nitrogens with one attached hydrogen (secondary N) is 1. The Morgan fingerprint density at radius 3 is 2.46 bits per heavy atom. The van der Waals surface area contributed by atoms with Crippen molar-refractivity contribution in [1.82, 2.24) is 10.2 Å². The Morgan fingerprint density at radius 2 is 1.83 bits per heavy atom. The maximum absolute atomic E-state index is 6.12. The monoisotopic (exact) mass is 447 g/mol. The van der Waals surface area contributed by atoms with E-state index in [0.29, 0.717) is 23.5 Å². The molecule has 2 aliphatic carbocycles. The predicted octanol–water partition coefficient (Wildman–Crippen LogP) is 3.51. The molecule has 0 radical (unpaired) electrons. The fourth-order valence-corrected chi connectivity index (χ4v) is 6.18. The van der Waals surface area contributed by atoms with Gasteiger partial charge in [0.1, 0.15) is 0 Å². The van der Waals surface area contributed by atoms with Gasteiger partial charge in [0.05, 0.1) is 6.10 Å². The molecule has 4 fully saturated rings. The summed E-state index contributed by atoms with van der Waals surface area (Å²) in [6, 6.07) is 0.587. The van der Waals surface area contributed by atoms with Gasteiger partial charge in [0.15, 0.2) is 5.96 Å². The molecule has 24 heavy (non-hydrogen) atoms. The van der Waals surface area contributed by atoms with Gasteiger partial charge >= 0.3 is 0 Å². The summed E-state index contributed by atoms with van der Waals surface area (Å²) in [7, 11) is 1.95. The molecule has 0 aromatic carbocycles. The highest BCUT2D eigenvalue weighted by Crippen LogP contribution is 2.60. The third-order valence-electron chi connectivity index (χ3n) is 6.95. The molecule has 4 nitrogen and oxygen atoms in total. The van der Waals surface area contributed by atoms with Crippen LogP contribution in [0.5, 0.6) is 0 Å². The summed E-state index contributed by atoms with van der Waals surface area (Å²) in [6.07, 6.45) is 8.54. The van der Waals surface area contributed by atoms with E-state index >= 15 is 0 Å². The average Bonchev–Trinajstić information content (AvgIpc) is 3.15. The Kier molecular flexibility index (Phi) is 5.70. The summed E-state index contributed by atoms with van der Waals surface area (Å²) in [6.45, 7) is 8.01. The molecule has 2 heterocycles. The van der Waals surface area contributed by atoms with Gasteiger partial charge in [0, 0.05) is 44.1 Å². The summed E-state index contributed by atoms with van der Waals surface area (Å²) in [4.78, 5) is 7.17. The van der Waals surface area contributed by atoms with Crippen molar-refractivity contribution in [2.45, 2.75) is 64.5 Å². The lowest BCUT2D eigenvalue weighted by atomic mass is 9.54. The Morgan fingerprint density at radius 1 is 1.17 bits per heavy atom. The zero-order valence-electron chi connectivity index (χ0n) is 15.5. The first-order chi connectivity index (χ1) is 11.1. The molecule has 0 aromatic heterocycles. The van der Waals surface area contributed by atoms with Crippen LogP contribution in [0.1, 0.15) is 52.4 Å². The van der Waals surface area contributed by atoms with Crippen LogP contribution in [0.4, 0.5) is 0 Å². The maximum atomic E-state index is 6.12. The van der Waals surface area contributed by atoms with E-state index in [9.17, 15) is 0 Å². The van der Waals surface area contributed by atoms with E-state index in [0.717, 1.165) is 37.5 Å². The first kappa shape index (κ1) is 18.7. The van der Waals surface area contributed by atoms with Crippen molar-refractivity contribution >= 4 is 29.9 Å². The molecular weight excluding hydrogens is 413 g/mol. The Labute approximate surface area is 164 Å². The number of rotatable bonds is 1. The minimum Gasteiger partial charge on any atom is -0.377 e. The largest absolute Gasteiger partial charge is 0.377 e. The average molecular weight is 447 g/mol. The molecule has 1 N–H and O–H groups in total. The van der Waals surface area contributed by atoms with E-state index in [2.05, 4.69) is 29.1 Å². The number of piperidine rings is 1. The molecule has 138 valence electrons. The van der Waals surface area contributed by atoms with E-state index in [1.54, 1.807) is 0 Å². The Bertz CT molecular complexity index is 467. The second-order valence-electron chi connectivity index (χ2n) is 8.70. The van der Waals surface area contributed by atoms with Crippen LogP contribution >= 0.6 is 24.0 Å². The second kappa shape index (κ2) is 7.29. The molecule has 0 aromatic rings. The normalized spacial score (nSPS) is 40.9. The van der Waals surface area contributed by atoms with Crippen molar-refractivity contribution in [2.24, 2.45) is 28.2 Å². The zero-order valence-corrected chi connectivity index (χ0v) is 17.8. The Balaban J connectivity index is 0.00000169. The summed E-state index contributed by atoms with van der Waals surface area (Å²) in [5.41, 5.74) is 0.407. The van der Waals surface area contributed by atoms with Crippen LogP contribution < -0.4 is 5.32 Å². The van der Waals surface area contributed by atoms with Crippen LogP contribution in [0.25, 0.3) is 0 Å². The van der Waals surface area contributed by atoms with Crippen molar-refractivity contribution in [3.8, 4) is 0 Å². The van der Waals surface area contributed by atoms with Crippen LogP contribution in [0.15, 0.2) is 4.99 Å². The lowest BCUT2D eigenvalue weighted by Crippen LogP contribution is -2.69. The number of hydrogen-bond donors (Lipinski definition) is 1. The molecule has 4 rings (SSSR count). The zero-order chi connectivity index (χ0) is 16.0. The van der Waals surface area contributed by atoms with Crippen LogP contribution in [-0.4, -0.2) is 49.7 Å². The first-order valence-electron chi connectivity index (χ1n) is 9.74. The SMILES string of the molecule is CN=C(NC1C2CCOC2C12CCCC2)N1CC(C)CC(C)C1.I. The second-order valence-corrected chi connectivity index (χ2v) is 8.70. The summed E-state index contributed by atoms with van der Waals surface area (Å²) >= 11 is 0. The van der Waals surface area contributed by atoms with E-state index < -0.39 is 0 Å². The highest BCUT2D eigenvalue weighted by atomic mass is 127. The van der Waals surface area contributed by atoms with Gasteiger partial charge in [-0.25, -0.2) is 0 Å². The third-order valence-corrected chi connectivity index (χ3v) is 6.95. The number of ether oxygens (including phenoxy) is 1. The van der Waals surface area contributed by atoms with Gasteiger partial charge in [-0.1, -0.05) is 26.7 Å². The summed E-state index contributed by atoms with van der Waals surface area (Å²) < 4.78 is 6.12. The van der Waals surface area contributed by atoms with Crippen molar-refractivity contribution in [1.29, 1.82) is 0 Å². The van der Waals surface area contributed by atoms with Crippen LogP contribution in [0.3, 0.4) is 0 Å². The highest BCUT2D eigenvalue weighted by molar-refractivity contribution is 14.0. The molecule has 0 amide bonds. The smallest absolute Gasteiger partial charge is 0.193 e. The minimum atomic E-state index is 0. The van der Waals surface area contributed by atoms with Crippen molar-refractivity contribution in [3.05, 3.63) is 0 Å². The molecule has 2 aliphatic heterocycles. The molecule has 5 unspecified atom stereocenters. The van der Waals surface area contributed by atoms with E-state index in [-0.39, 0.29) is 24.0 Å². The lowest BCUT2D eigenvalue weighted by molar-refractivity contribution is -0.125. The van der Waals surface area contributed by atoms with Gasteiger partial charge in [0.25, 0.3) is 0 Å². The van der Waals surface area contributed by atoms with Gasteiger partial charge in [0.2, 0.25) is 0 Å². The van der Waals surface area contributed by atoms with Gasteiger partial charge in [-0.3, -0.25) is 4.99 Å². The van der Waals surface area contributed by atoms with Crippen molar-refractivity contribution in [2.75, 3.05) is 26.7 Å². The topological polar surface area (TPSA) is 36.9 Å². The summed E-state index contributed by atoms with van der Waals surface area (Å²) in [5, 5.41) is 3.91. The highest BCUT2D eigenvalue weighted by Gasteiger charge is 2.65. The van der Waals surface area contributed by atoms with Crippen molar-refractivity contribution < 1.29 is 4.74 Å². The van der Waals surface area contributed by atoms with Gasteiger partial charge in [-0.15, -0.1) is 24.0 Å². The van der Waals surface area contributed by atoms with Crippen LogP contribution in [0, 0.1) is 23.2 Å². The Hall–Kier alpha value is -0.0400. The van der Waals surface area contributed by atoms with Crippen LogP contribution in [-0.2, 0) is 4.74 Å². The molecule has 4 aliphatic rings. The third kappa shape index (κ3) is 2.97. The molecule has 2 saturated carbocycles. The van der Waals surface area contributed by atoms with Gasteiger partial charge in [-0.2, -0.15) is 0 Å². The molecule has 2 saturated heterocycles. The summed E-state index contributed by atoms with van der Waals surface area (Å²) in [5.74, 6) is 3.39. The van der Waals surface area contributed by atoms with Crippen LogP contribution in [0.2, 0.25) is 0 Å².